The maximum absolute atomic E-state index is 4.90. The van der Waals surface area contributed by atoms with Crippen molar-refractivity contribution in [3.8, 4) is 0 Å². The maximum atomic E-state index is 4.90. The highest BCUT2D eigenvalue weighted by Crippen LogP contribution is 2.20. The Balaban J connectivity index is 0.00000256. The molecule has 1 saturated heterocycles. The van der Waals surface area contributed by atoms with Gasteiger partial charge in [0.1, 0.15) is 0 Å². The lowest BCUT2D eigenvalue weighted by atomic mass is 10.1. The summed E-state index contributed by atoms with van der Waals surface area (Å²) in [5, 5.41) is 4.75. The molecule has 30 heavy (non-hydrogen) atoms. The summed E-state index contributed by atoms with van der Waals surface area (Å²) in [6.07, 6.45) is 6.64. The van der Waals surface area contributed by atoms with E-state index in [1.165, 1.54) is 22.0 Å². The molecule has 0 aliphatic carbocycles. The second kappa shape index (κ2) is 10.6. The van der Waals surface area contributed by atoms with Crippen LogP contribution in [0.2, 0.25) is 0 Å². The first-order chi connectivity index (χ1) is 14.2. The van der Waals surface area contributed by atoms with E-state index in [2.05, 4.69) is 68.3 Å². The molecule has 0 amide bonds. The van der Waals surface area contributed by atoms with Crippen molar-refractivity contribution in [1.29, 1.82) is 0 Å². The van der Waals surface area contributed by atoms with Crippen molar-refractivity contribution in [1.82, 2.24) is 25.2 Å². The van der Waals surface area contributed by atoms with Crippen molar-refractivity contribution >= 4 is 46.8 Å². The molecule has 0 spiro atoms. The van der Waals surface area contributed by atoms with Gasteiger partial charge in [-0.25, -0.2) is 9.97 Å². The van der Waals surface area contributed by atoms with E-state index in [1.807, 2.05) is 6.07 Å². The zero-order chi connectivity index (χ0) is 20.1. The summed E-state index contributed by atoms with van der Waals surface area (Å²) in [5.41, 5.74) is 3.80. The SMILES string of the molecule is CCNC(=NCCc1c[nH]c2cc(C)ccc12)N1CCN(c2ncccn2)CC1.I. The number of hydrogen-bond acceptors (Lipinski definition) is 4. The van der Waals surface area contributed by atoms with Gasteiger partial charge in [0.05, 0.1) is 0 Å². The third-order valence-corrected chi connectivity index (χ3v) is 5.31. The van der Waals surface area contributed by atoms with Crippen LogP contribution in [0.15, 0.2) is 47.8 Å². The number of guanidine groups is 1. The molecule has 1 aliphatic heterocycles. The molecular formula is C22H30IN7. The lowest BCUT2D eigenvalue weighted by Crippen LogP contribution is -2.53. The molecule has 0 unspecified atom stereocenters. The summed E-state index contributed by atoms with van der Waals surface area (Å²) >= 11 is 0. The molecule has 4 rings (SSSR count). The first-order valence-electron chi connectivity index (χ1n) is 10.4. The molecule has 2 aromatic heterocycles. The van der Waals surface area contributed by atoms with Crippen molar-refractivity contribution < 1.29 is 0 Å². The van der Waals surface area contributed by atoms with Gasteiger partial charge in [0, 0.05) is 68.8 Å². The average molecular weight is 519 g/mol. The lowest BCUT2D eigenvalue weighted by molar-refractivity contribution is 0.370. The second-order valence-corrected chi connectivity index (χ2v) is 7.37. The van der Waals surface area contributed by atoms with Gasteiger partial charge >= 0.3 is 0 Å². The van der Waals surface area contributed by atoms with Gasteiger partial charge in [-0.15, -0.1) is 24.0 Å². The summed E-state index contributed by atoms with van der Waals surface area (Å²) < 4.78 is 0. The number of benzene rings is 1. The standard InChI is InChI=1S/C22H29N7.HI/c1-3-23-21(28-11-13-29(14-12-28)22-24-8-4-9-25-22)26-10-7-18-16-27-20-15-17(2)5-6-19(18)20;/h4-6,8-9,15-16,27H,3,7,10-14H2,1-2H3,(H,23,26);1H. The molecule has 8 heteroatoms. The number of rotatable bonds is 5. The Morgan fingerprint density at radius 2 is 1.93 bits per heavy atom. The number of hydrogen-bond donors (Lipinski definition) is 2. The van der Waals surface area contributed by atoms with Crippen molar-refractivity contribution in [2.24, 2.45) is 4.99 Å². The summed E-state index contributed by atoms with van der Waals surface area (Å²) in [6.45, 7) is 9.50. The molecule has 1 aromatic carbocycles. The molecule has 1 aliphatic rings. The first kappa shape index (κ1) is 22.3. The van der Waals surface area contributed by atoms with E-state index in [0.717, 1.165) is 57.6 Å². The summed E-state index contributed by atoms with van der Waals surface area (Å²) in [6, 6.07) is 8.42. The minimum absolute atomic E-state index is 0. The van der Waals surface area contributed by atoms with E-state index in [-0.39, 0.29) is 24.0 Å². The van der Waals surface area contributed by atoms with Gasteiger partial charge in [-0.1, -0.05) is 12.1 Å². The molecule has 2 N–H and O–H groups in total. The van der Waals surface area contributed by atoms with Crippen molar-refractivity contribution in [3.05, 3.63) is 54.0 Å². The van der Waals surface area contributed by atoms with Crippen LogP contribution >= 0.6 is 24.0 Å². The Morgan fingerprint density at radius 3 is 2.67 bits per heavy atom. The predicted molar refractivity (Wildman–Crippen MR) is 134 cm³/mol. The van der Waals surface area contributed by atoms with Crippen LogP contribution in [0.3, 0.4) is 0 Å². The fourth-order valence-corrected chi connectivity index (χ4v) is 3.79. The van der Waals surface area contributed by atoms with E-state index >= 15 is 0 Å². The third kappa shape index (κ3) is 5.21. The number of piperazine rings is 1. The van der Waals surface area contributed by atoms with Crippen LogP contribution in [-0.2, 0) is 6.42 Å². The predicted octanol–water partition coefficient (Wildman–Crippen LogP) is 3.21. The van der Waals surface area contributed by atoms with Crippen LogP contribution in [0.5, 0.6) is 0 Å². The molecule has 7 nitrogen and oxygen atoms in total. The number of aryl methyl sites for hydroxylation is 1. The van der Waals surface area contributed by atoms with Gasteiger partial charge in [-0.2, -0.15) is 0 Å². The van der Waals surface area contributed by atoms with Crippen LogP contribution in [-0.4, -0.2) is 65.1 Å². The molecule has 0 saturated carbocycles. The van der Waals surface area contributed by atoms with Crippen molar-refractivity contribution in [2.75, 3.05) is 44.2 Å². The minimum Gasteiger partial charge on any atom is -0.361 e. The number of anilines is 1. The van der Waals surface area contributed by atoms with Gasteiger partial charge in [-0.05, 0) is 43.5 Å². The molecule has 0 radical (unpaired) electrons. The molecule has 3 heterocycles. The Bertz CT molecular complexity index is 962. The zero-order valence-electron chi connectivity index (χ0n) is 17.6. The van der Waals surface area contributed by atoms with E-state index in [1.54, 1.807) is 12.4 Å². The van der Waals surface area contributed by atoms with Crippen LogP contribution in [0.4, 0.5) is 5.95 Å². The Hall–Kier alpha value is -2.36. The third-order valence-electron chi connectivity index (χ3n) is 5.31. The van der Waals surface area contributed by atoms with Gasteiger partial charge < -0.3 is 20.1 Å². The fraction of sp³-hybridized carbons (Fsp3) is 0.409. The molecule has 1 fully saturated rings. The smallest absolute Gasteiger partial charge is 0.225 e. The Morgan fingerprint density at radius 1 is 1.17 bits per heavy atom. The van der Waals surface area contributed by atoms with E-state index in [9.17, 15) is 0 Å². The van der Waals surface area contributed by atoms with E-state index in [0.29, 0.717) is 0 Å². The number of nitrogens with one attached hydrogen (secondary N) is 2. The van der Waals surface area contributed by atoms with Gasteiger partial charge in [0.25, 0.3) is 0 Å². The molecule has 3 aromatic rings. The number of fused-ring (bicyclic) bond motifs is 1. The summed E-state index contributed by atoms with van der Waals surface area (Å²) in [7, 11) is 0. The lowest BCUT2D eigenvalue weighted by Gasteiger charge is -2.36. The zero-order valence-corrected chi connectivity index (χ0v) is 20.0. The van der Waals surface area contributed by atoms with Gasteiger partial charge in [0.2, 0.25) is 5.95 Å². The number of H-pyrrole nitrogens is 1. The van der Waals surface area contributed by atoms with Crippen LogP contribution in [0.25, 0.3) is 10.9 Å². The largest absolute Gasteiger partial charge is 0.361 e. The van der Waals surface area contributed by atoms with Gasteiger partial charge in [0.15, 0.2) is 5.96 Å². The molecule has 160 valence electrons. The fourth-order valence-electron chi connectivity index (χ4n) is 3.79. The Labute approximate surface area is 195 Å². The van der Waals surface area contributed by atoms with Crippen molar-refractivity contribution in [2.45, 2.75) is 20.3 Å². The Kier molecular flexibility index (Phi) is 7.89. The number of halogens is 1. The quantitative estimate of drug-likeness (QED) is 0.308. The maximum Gasteiger partial charge on any atom is 0.225 e. The first-order valence-corrected chi connectivity index (χ1v) is 10.4. The highest BCUT2D eigenvalue weighted by atomic mass is 127. The highest BCUT2D eigenvalue weighted by molar-refractivity contribution is 14.0. The van der Waals surface area contributed by atoms with Gasteiger partial charge in [-0.3, -0.25) is 4.99 Å². The normalized spacial score (nSPS) is 14.7. The minimum atomic E-state index is 0. The number of aromatic nitrogens is 3. The number of nitrogens with zero attached hydrogens (tertiary/aromatic N) is 5. The van der Waals surface area contributed by atoms with E-state index in [4.69, 9.17) is 4.99 Å². The highest BCUT2D eigenvalue weighted by Gasteiger charge is 2.21. The number of aliphatic imine (C=N–C) groups is 1. The van der Waals surface area contributed by atoms with E-state index < -0.39 is 0 Å². The number of aromatic amines is 1. The molecule has 0 bridgehead atoms. The molecule has 0 atom stereocenters. The van der Waals surface area contributed by atoms with Crippen LogP contribution < -0.4 is 10.2 Å². The summed E-state index contributed by atoms with van der Waals surface area (Å²) in [4.78, 5) is 21.6. The summed E-state index contributed by atoms with van der Waals surface area (Å²) in [5.74, 6) is 1.81. The average Bonchev–Trinajstić information content (AvgIpc) is 3.16. The van der Waals surface area contributed by atoms with Crippen LogP contribution in [0, 0.1) is 6.92 Å². The van der Waals surface area contributed by atoms with Crippen LogP contribution in [0.1, 0.15) is 18.1 Å². The monoisotopic (exact) mass is 519 g/mol. The topological polar surface area (TPSA) is 72.4 Å². The molecular weight excluding hydrogens is 489 g/mol. The van der Waals surface area contributed by atoms with Crippen molar-refractivity contribution in [3.63, 3.8) is 0 Å². The second-order valence-electron chi connectivity index (χ2n) is 7.37.